The minimum atomic E-state index is -4.66. The van der Waals surface area contributed by atoms with E-state index in [1.54, 1.807) is 0 Å². The average Bonchev–Trinajstić information content (AvgIpc) is 3.13. The molecule has 1 aliphatic rings. The molecule has 1 aromatic carbocycles. The molecule has 0 saturated carbocycles. The quantitative estimate of drug-likeness (QED) is 0.797. The predicted octanol–water partition coefficient (Wildman–Crippen LogP) is 0.755. The number of benzene rings is 1. The number of β-amino-alcohol motifs (C(OH)–C–C–N with tert-alkyl or cyclic N) is 1. The molecule has 2 heterocycles. The number of hydrogen-bond acceptors (Lipinski definition) is 6. The van der Waals surface area contributed by atoms with Crippen molar-refractivity contribution in [2.24, 2.45) is 5.73 Å². The molecule has 0 bridgehead atoms. The largest absolute Gasteiger partial charge is 0.418 e. The fourth-order valence-corrected chi connectivity index (χ4v) is 3.12. The van der Waals surface area contributed by atoms with Gasteiger partial charge in [-0.15, -0.1) is 5.10 Å². The number of likely N-dealkylation sites (tertiary alicyclic amines) is 1. The first kappa shape index (κ1) is 18.5. The van der Waals surface area contributed by atoms with Crippen LogP contribution in [0.5, 0.6) is 0 Å². The lowest BCUT2D eigenvalue weighted by molar-refractivity contribution is -0.137. The number of primary amides is 1. The Hall–Kier alpha value is -2.24. The summed E-state index contributed by atoms with van der Waals surface area (Å²) < 4.78 is 40.9. The van der Waals surface area contributed by atoms with Gasteiger partial charge in [-0.1, -0.05) is 11.6 Å². The summed E-state index contributed by atoms with van der Waals surface area (Å²) in [6, 6.07) is 2.50. The van der Waals surface area contributed by atoms with Gasteiger partial charge in [0.1, 0.15) is 0 Å². The molecule has 1 saturated heterocycles. The lowest BCUT2D eigenvalue weighted by Crippen LogP contribution is -2.40. The van der Waals surface area contributed by atoms with Gasteiger partial charge in [-0.05, 0) is 35.0 Å². The molecule has 1 aliphatic heterocycles. The molecule has 3 N–H and O–H groups in total. The van der Waals surface area contributed by atoms with Crippen LogP contribution in [0.4, 0.5) is 13.2 Å². The topological polar surface area (TPSA) is 110 Å². The first-order valence-corrected chi connectivity index (χ1v) is 7.90. The number of tetrazole rings is 1. The van der Waals surface area contributed by atoms with E-state index in [1.807, 2.05) is 0 Å². The fraction of sp³-hybridized carbons (Fsp3) is 0.429. The van der Waals surface area contributed by atoms with Crippen LogP contribution in [0.15, 0.2) is 18.2 Å². The maximum absolute atomic E-state index is 13.3. The number of carbonyl (C=O) groups is 1. The predicted molar refractivity (Wildman–Crippen MR) is 83.2 cm³/mol. The Kier molecular flexibility index (Phi) is 4.86. The molecule has 0 radical (unpaired) electrons. The summed E-state index contributed by atoms with van der Waals surface area (Å²) in [6.07, 6.45) is -5.28. The highest BCUT2D eigenvalue weighted by molar-refractivity contribution is 6.30. The van der Waals surface area contributed by atoms with Crippen LogP contribution in [0.1, 0.15) is 17.8 Å². The fourth-order valence-electron chi connectivity index (χ4n) is 2.94. The first-order valence-electron chi connectivity index (χ1n) is 7.52. The first-order chi connectivity index (χ1) is 12.2. The summed E-state index contributed by atoms with van der Waals surface area (Å²) in [6.45, 7) is 0.0742. The van der Waals surface area contributed by atoms with Crippen LogP contribution < -0.4 is 5.73 Å². The van der Waals surface area contributed by atoms with Gasteiger partial charge >= 0.3 is 6.18 Å². The SMILES string of the molecule is NC(=O)C1CC(O)CN1Cc1nnnn1-c1ccc(Cl)cc1C(F)(F)F. The second-order valence-corrected chi connectivity index (χ2v) is 6.34. The monoisotopic (exact) mass is 390 g/mol. The van der Waals surface area contributed by atoms with Gasteiger partial charge in [0.15, 0.2) is 5.82 Å². The van der Waals surface area contributed by atoms with Crippen molar-refractivity contribution in [3.8, 4) is 5.69 Å². The summed E-state index contributed by atoms with van der Waals surface area (Å²) >= 11 is 5.68. The molecule has 1 aromatic heterocycles. The molecule has 26 heavy (non-hydrogen) atoms. The molecule has 12 heteroatoms. The number of alkyl halides is 3. The molecule has 140 valence electrons. The minimum absolute atomic E-state index is 0.0579. The smallest absolute Gasteiger partial charge is 0.392 e. The van der Waals surface area contributed by atoms with E-state index in [-0.39, 0.29) is 36.0 Å². The van der Waals surface area contributed by atoms with Crippen LogP contribution in [0.25, 0.3) is 5.69 Å². The Morgan fingerprint density at radius 3 is 2.81 bits per heavy atom. The van der Waals surface area contributed by atoms with Gasteiger partial charge in [0.25, 0.3) is 0 Å². The number of nitrogens with two attached hydrogens (primary N) is 1. The minimum Gasteiger partial charge on any atom is -0.392 e. The molecule has 8 nitrogen and oxygen atoms in total. The van der Waals surface area contributed by atoms with Gasteiger partial charge in [0.2, 0.25) is 5.91 Å². The molecular weight excluding hydrogens is 377 g/mol. The standard InChI is InChI=1S/C14H14ClF3N6O2/c15-7-1-2-10(9(3-7)14(16,17)18)24-12(20-21-22-24)6-23-5-8(25)4-11(23)13(19)26/h1-3,8,11,25H,4-6H2,(H2,19,26). The van der Waals surface area contributed by atoms with Crippen molar-refractivity contribution in [2.75, 3.05) is 6.54 Å². The van der Waals surface area contributed by atoms with Crippen molar-refractivity contribution in [3.05, 3.63) is 34.6 Å². The zero-order chi connectivity index (χ0) is 19.1. The number of amides is 1. The molecule has 1 amide bonds. The third-order valence-electron chi connectivity index (χ3n) is 4.08. The van der Waals surface area contributed by atoms with Crippen molar-refractivity contribution >= 4 is 17.5 Å². The van der Waals surface area contributed by atoms with Crippen molar-refractivity contribution in [2.45, 2.75) is 31.3 Å². The number of rotatable bonds is 4. The molecule has 0 aliphatic carbocycles. The van der Waals surface area contributed by atoms with Crippen LogP contribution in [-0.2, 0) is 17.5 Å². The van der Waals surface area contributed by atoms with E-state index in [0.717, 1.165) is 16.8 Å². The number of nitrogens with zero attached hydrogens (tertiary/aromatic N) is 5. The number of carbonyl (C=O) groups excluding carboxylic acids is 1. The number of aromatic nitrogens is 4. The average molecular weight is 391 g/mol. The summed E-state index contributed by atoms with van der Waals surface area (Å²) in [7, 11) is 0. The van der Waals surface area contributed by atoms with E-state index in [1.165, 1.54) is 11.0 Å². The highest BCUT2D eigenvalue weighted by Crippen LogP contribution is 2.35. The molecule has 3 rings (SSSR count). The van der Waals surface area contributed by atoms with Crippen LogP contribution in [0.2, 0.25) is 5.02 Å². The van der Waals surface area contributed by atoms with Crippen molar-refractivity contribution < 1.29 is 23.1 Å². The Bertz CT molecular complexity index is 827. The molecular formula is C14H14ClF3N6O2. The van der Waals surface area contributed by atoms with E-state index >= 15 is 0 Å². The Labute approximate surface area is 150 Å². The van der Waals surface area contributed by atoms with Gasteiger partial charge in [0, 0.05) is 11.6 Å². The zero-order valence-corrected chi connectivity index (χ0v) is 13.9. The second-order valence-electron chi connectivity index (χ2n) is 5.90. The normalized spacial score (nSPS) is 21.3. The Balaban J connectivity index is 1.97. The van der Waals surface area contributed by atoms with Crippen LogP contribution >= 0.6 is 11.6 Å². The summed E-state index contributed by atoms with van der Waals surface area (Å²) in [4.78, 5) is 13.0. The molecule has 2 aromatic rings. The van der Waals surface area contributed by atoms with E-state index in [4.69, 9.17) is 17.3 Å². The van der Waals surface area contributed by atoms with E-state index in [9.17, 15) is 23.1 Å². The van der Waals surface area contributed by atoms with Gasteiger partial charge < -0.3 is 10.8 Å². The van der Waals surface area contributed by atoms with E-state index in [2.05, 4.69) is 15.5 Å². The third kappa shape index (κ3) is 3.64. The van der Waals surface area contributed by atoms with Gasteiger partial charge in [-0.3, -0.25) is 9.69 Å². The van der Waals surface area contributed by atoms with E-state index < -0.39 is 29.8 Å². The van der Waals surface area contributed by atoms with Crippen LogP contribution in [0, 0.1) is 0 Å². The van der Waals surface area contributed by atoms with Gasteiger partial charge in [-0.25, -0.2) is 0 Å². The lowest BCUT2D eigenvalue weighted by Gasteiger charge is -2.21. The molecule has 1 fully saturated rings. The number of hydrogen-bond donors (Lipinski definition) is 2. The second kappa shape index (κ2) is 6.82. The maximum atomic E-state index is 13.3. The molecule has 2 atom stereocenters. The third-order valence-corrected chi connectivity index (χ3v) is 4.32. The highest BCUT2D eigenvalue weighted by Gasteiger charge is 2.37. The molecule has 0 spiro atoms. The number of aliphatic hydroxyl groups is 1. The summed E-state index contributed by atoms with van der Waals surface area (Å²) in [5, 5.41) is 20.5. The van der Waals surface area contributed by atoms with E-state index in [0.29, 0.717) is 0 Å². The molecule has 2 unspecified atom stereocenters. The highest BCUT2D eigenvalue weighted by atomic mass is 35.5. The number of halogens is 4. The van der Waals surface area contributed by atoms with Crippen molar-refractivity contribution in [1.82, 2.24) is 25.1 Å². The van der Waals surface area contributed by atoms with Crippen molar-refractivity contribution in [3.63, 3.8) is 0 Å². The van der Waals surface area contributed by atoms with Gasteiger partial charge in [-0.2, -0.15) is 17.9 Å². The Morgan fingerprint density at radius 1 is 1.42 bits per heavy atom. The maximum Gasteiger partial charge on any atom is 0.418 e. The van der Waals surface area contributed by atoms with Crippen LogP contribution in [0.3, 0.4) is 0 Å². The number of aliphatic hydroxyl groups excluding tert-OH is 1. The van der Waals surface area contributed by atoms with Crippen molar-refractivity contribution in [1.29, 1.82) is 0 Å². The summed E-state index contributed by atoms with van der Waals surface area (Å²) in [5.74, 6) is -0.568. The van der Waals surface area contributed by atoms with Crippen LogP contribution in [-0.4, -0.2) is 54.8 Å². The lowest BCUT2D eigenvalue weighted by atomic mass is 10.1. The zero-order valence-electron chi connectivity index (χ0n) is 13.2. The Morgan fingerprint density at radius 2 is 2.15 bits per heavy atom. The van der Waals surface area contributed by atoms with Gasteiger partial charge in [0.05, 0.1) is 29.9 Å². The summed E-state index contributed by atoms with van der Waals surface area (Å²) in [5.41, 5.74) is 4.02.